The molecule has 2 rings (SSSR count). The predicted molar refractivity (Wildman–Crippen MR) is 80.7 cm³/mol. The van der Waals surface area contributed by atoms with Crippen LogP contribution in [0.4, 0.5) is 0 Å². The van der Waals surface area contributed by atoms with Gasteiger partial charge < -0.3 is 14.6 Å². The molecular formula is C14H22N2O3Si. The van der Waals surface area contributed by atoms with E-state index in [2.05, 4.69) is 24.7 Å². The van der Waals surface area contributed by atoms with Gasteiger partial charge in [-0.2, -0.15) is 5.10 Å². The number of aromatic nitrogens is 2. The van der Waals surface area contributed by atoms with Gasteiger partial charge in [0.2, 0.25) is 0 Å². The van der Waals surface area contributed by atoms with Crippen LogP contribution in [0.1, 0.15) is 5.56 Å². The first-order valence-corrected chi connectivity index (χ1v) is 10.5. The second-order valence-corrected chi connectivity index (χ2v) is 11.6. The molecule has 0 amide bonds. The topological polar surface area (TPSA) is 56.0 Å². The number of nitrogens with zero attached hydrogens (tertiary/aromatic N) is 2. The average Bonchev–Trinajstić information content (AvgIpc) is 2.80. The molecule has 0 fully saturated rings. The number of fused-ring (bicyclic) bond motifs is 1. The van der Waals surface area contributed by atoms with Gasteiger partial charge in [-0.1, -0.05) is 19.6 Å². The fourth-order valence-electron chi connectivity index (χ4n) is 1.79. The predicted octanol–water partition coefficient (Wildman–Crippen LogP) is 2.52. The first-order valence-electron chi connectivity index (χ1n) is 6.77. The van der Waals surface area contributed by atoms with Crippen molar-refractivity contribution in [2.24, 2.45) is 0 Å². The molecule has 20 heavy (non-hydrogen) atoms. The Hall–Kier alpha value is -1.37. The van der Waals surface area contributed by atoms with E-state index in [1.165, 1.54) is 0 Å². The highest BCUT2D eigenvalue weighted by atomic mass is 28.3. The molecular weight excluding hydrogens is 272 g/mol. The van der Waals surface area contributed by atoms with Gasteiger partial charge in [0.15, 0.2) is 6.79 Å². The van der Waals surface area contributed by atoms with E-state index in [0.29, 0.717) is 5.75 Å². The molecule has 110 valence electrons. The summed E-state index contributed by atoms with van der Waals surface area (Å²) >= 11 is 0. The Bertz CT molecular complexity index is 563. The van der Waals surface area contributed by atoms with Crippen molar-refractivity contribution in [2.45, 2.75) is 32.3 Å². The lowest BCUT2D eigenvalue weighted by atomic mass is 10.3. The van der Waals surface area contributed by atoms with E-state index in [9.17, 15) is 0 Å². The van der Waals surface area contributed by atoms with Gasteiger partial charge in [-0.05, 0) is 17.7 Å². The fraction of sp³-hybridized carbons (Fsp3) is 0.500. The molecule has 2 aromatic rings. The van der Waals surface area contributed by atoms with E-state index in [-0.39, 0.29) is 13.4 Å². The van der Waals surface area contributed by atoms with E-state index >= 15 is 0 Å². The van der Waals surface area contributed by atoms with E-state index in [0.717, 1.165) is 23.7 Å². The molecule has 0 aliphatic rings. The molecule has 0 radical (unpaired) electrons. The molecule has 1 N–H and O–H groups in total. The fourth-order valence-corrected chi connectivity index (χ4v) is 2.55. The third-order valence-corrected chi connectivity index (χ3v) is 4.71. The summed E-state index contributed by atoms with van der Waals surface area (Å²) in [5.41, 5.74) is 1.65. The minimum absolute atomic E-state index is 0.00445. The van der Waals surface area contributed by atoms with Crippen LogP contribution >= 0.6 is 0 Å². The van der Waals surface area contributed by atoms with Gasteiger partial charge in [0.25, 0.3) is 0 Å². The van der Waals surface area contributed by atoms with Crippen LogP contribution in [0, 0.1) is 0 Å². The lowest BCUT2D eigenvalue weighted by Crippen LogP contribution is -2.22. The number of hydrogen-bond donors (Lipinski definition) is 1. The maximum Gasteiger partial charge on any atom is 0.189 e. The van der Waals surface area contributed by atoms with Crippen molar-refractivity contribution < 1.29 is 14.6 Å². The summed E-state index contributed by atoms with van der Waals surface area (Å²) in [6.07, 6.45) is 3.46. The second kappa shape index (κ2) is 6.38. The third-order valence-electron chi connectivity index (χ3n) is 3.00. The number of aliphatic hydroxyl groups excluding tert-OH is 1. The molecule has 0 atom stereocenters. The Morgan fingerprint density at radius 2 is 2.15 bits per heavy atom. The van der Waals surface area contributed by atoms with Gasteiger partial charge in [-0.3, -0.25) is 0 Å². The van der Waals surface area contributed by atoms with Crippen LogP contribution in [0.2, 0.25) is 25.7 Å². The summed E-state index contributed by atoms with van der Waals surface area (Å²) in [5, 5.41) is 13.3. The van der Waals surface area contributed by atoms with E-state index in [1.807, 2.05) is 6.07 Å². The molecule has 0 spiro atoms. The first kappa shape index (κ1) is 15.0. The van der Waals surface area contributed by atoms with Gasteiger partial charge in [0, 0.05) is 26.9 Å². The maximum absolute atomic E-state index is 9.15. The minimum Gasteiger partial charge on any atom is -0.465 e. The zero-order valence-electron chi connectivity index (χ0n) is 12.3. The number of aliphatic hydroxyl groups is 1. The highest BCUT2D eigenvalue weighted by Gasteiger charge is 2.12. The number of hydrogen-bond acceptors (Lipinski definition) is 4. The van der Waals surface area contributed by atoms with Crippen LogP contribution in [-0.2, 0) is 11.3 Å². The highest BCUT2D eigenvalue weighted by molar-refractivity contribution is 6.76. The normalized spacial score (nSPS) is 12.0. The molecule has 0 aliphatic carbocycles. The van der Waals surface area contributed by atoms with Gasteiger partial charge in [0.05, 0.1) is 12.8 Å². The van der Waals surface area contributed by atoms with Crippen molar-refractivity contribution in [3.05, 3.63) is 30.1 Å². The standard InChI is InChI=1S/C14H22N2O3Si/c1-20(2,3)7-6-18-11-19-14-4-5-15-16-9-12(10-17)8-13(14)16/h4-5,8-9,17H,6-7,10-11H2,1-3H3. The van der Waals surface area contributed by atoms with Crippen LogP contribution in [0.3, 0.4) is 0 Å². The molecule has 0 aliphatic heterocycles. The summed E-state index contributed by atoms with van der Waals surface area (Å²) in [6, 6.07) is 4.80. The molecule has 2 aromatic heterocycles. The Morgan fingerprint density at radius 3 is 2.85 bits per heavy atom. The Morgan fingerprint density at radius 1 is 1.35 bits per heavy atom. The van der Waals surface area contributed by atoms with Crippen molar-refractivity contribution in [3.63, 3.8) is 0 Å². The van der Waals surface area contributed by atoms with Crippen LogP contribution in [-0.4, -0.2) is 36.2 Å². The quantitative estimate of drug-likeness (QED) is 0.484. The van der Waals surface area contributed by atoms with Crippen molar-refractivity contribution >= 4 is 13.6 Å². The minimum atomic E-state index is -1.05. The molecule has 6 heteroatoms. The smallest absolute Gasteiger partial charge is 0.189 e. The third kappa shape index (κ3) is 4.06. The summed E-state index contributed by atoms with van der Waals surface area (Å²) in [7, 11) is -1.05. The Kier molecular flexibility index (Phi) is 4.80. The largest absolute Gasteiger partial charge is 0.465 e. The number of ether oxygens (including phenoxy) is 2. The Labute approximate surface area is 120 Å². The molecule has 0 unspecified atom stereocenters. The molecule has 0 aromatic carbocycles. The number of rotatable bonds is 7. The second-order valence-electron chi connectivity index (χ2n) is 6.01. The summed E-state index contributed by atoms with van der Waals surface area (Å²) in [5.74, 6) is 0.715. The lowest BCUT2D eigenvalue weighted by molar-refractivity contribution is 0.0227. The highest BCUT2D eigenvalue weighted by Crippen LogP contribution is 2.21. The van der Waals surface area contributed by atoms with Crippen LogP contribution in [0.15, 0.2) is 24.5 Å². The van der Waals surface area contributed by atoms with Crippen molar-refractivity contribution in [2.75, 3.05) is 13.4 Å². The lowest BCUT2D eigenvalue weighted by Gasteiger charge is -2.15. The molecule has 0 saturated carbocycles. The van der Waals surface area contributed by atoms with Crippen LogP contribution in [0.25, 0.3) is 5.52 Å². The van der Waals surface area contributed by atoms with Crippen molar-refractivity contribution in [3.8, 4) is 5.75 Å². The molecule has 2 heterocycles. The summed E-state index contributed by atoms with van der Waals surface area (Å²) in [4.78, 5) is 0. The SMILES string of the molecule is C[Si](C)(C)CCOCOc1ccnn2cc(CO)cc12. The van der Waals surface area contributed by atoms with Gasteiger partial charge in [-0.25, -0.2) is 4.52 Å². The first-order chi connectivity index (χ1) is 9.49. The summed E-state index contributed by atoms with van der Waals surface area (Å²) in [6.45, 7) is 7.93. The van der Waals surface area contributed by atoms with Crippen LogP contribution in [0.5, 0.6) is 5.75 Å². The van der Waals surface area contributed by atoms with Gasteiger partial charge >= 0.3 is 0 Å². The maximum atomic E-state index is 9.15. The monoisotopic (exact) mass is 294 g/mol. The molecule has 0 saturated heterocycles. The van der Waals surface area contributed by atoms with Crippen molar-refractivity contribution in [1.29, 1.82) is 0 Å². The van der Waals surface area contributed by atoms with Gasteiger partial charge in [-0.15, -0.1) is 0 Å². The molecule has 0 bridgehead atoms. The van der Waals surface area contributed by atoms with E-state index in [4.69, 9.17) is 14.6 Å². The van der Waals surface area contributed by atoms with Gasteiger partial charge in [0.1, 0.15) is 11.3 Å². The average molecular weight is 294 g/mol. The Balaban J connectivity index is 1.91. The zero-order chi connectivity index (χ0) is 14.6. The summed E-state index contributed by atoms with van der Waals surface area (Å²) < 4.78 is 12.9. The van der Waals surface area contributed by atoms with Crippen LogP contribution < -0.4 is 4.74 Å². The zero-order valence-corrected chi connectivity index (χ0v) is 13.3. The van der Waals surface area contributed by atoms with Crippen molar-refractivity contribution in [1.82, 2.24) is 9.61 Å². The van der Waals surface area contributed by atoms with E-state index < -0.39 is 8.07 Å². The molecule has 5 nitrogen and oxygen atoms in total. The van der Waals surface area contributed by atoms with E-state index in [1.54, 1.807) is 23.0 Å².